The number of imidazole rings is 1. The van der Waals surface area contributed by atoms with Gasteiger partial charge in [0.1, 0.15) is 10.2 Å². The molecule has 1 aliphatic carbocycles. The molecule has 140 valence electrons. The Labute approximate surface area is 161 Å². The maximum Gasteiger partial charge on any atom is 0.330 e. The van der Waals surface area contributed by atoms with Gasteiger partial charge in [-0.15, -0.1) is 0 Å². The Hall–Kier alpha value is -1.61. The van der Waals surface area contributed by atoms with E-state index in [0.29, 0.717) is 22.0 Å². The summed E-state index contributed by atoms with van der Waals surface area (Å²) in [6.07, 6.45) is 4.60. The third-order valence-electron chi connectivity index (χ3n) is 5.23. The largest absolute Gasteiger partial charge is 0.342 e. The molecule has 0 spiro atoms. The van der Waals surface area contributed by atoms with Gasteiger partial charge in [-0.05, 0) is 31.6 Å². The Kier molecular flexibility index (Phi) is 4.68. The molecule has 2 aromatic rings. The van der Waals surface area contributed by atoms with Crippen LogP contribution in [-0.4, -0.2) is 48.3 Å². The fraction of sp³-hybridized carbons (Fsp3) is 0.647. The lowest BCUT2D eigenvalue weighted by molar-refractivity contribution is -0.127. The lowest BCUT2D eigenvalue weighted by atomic mass is 10.4. The number of carbonyl (C=O) groups is 1. The zero-order valence-corrected chi connectivity index (χ0v) is 16.7. The summed E-state index contributed by atoms with van der Waals surface area (Å²) < 4.78 is 5.67. The number of amides is 1. The molecule has 26 heavy (non-hydrogen) atoms. The van der Waals surface area contributed by atoms with Crippen molar-refractivity contribution in [3.8, 4) is 0 Å². The minimum Gasteiger partial charge on any atom is -0.342 e. The number of carbonyl (C=O) groups excluding carboxylic acids is 1. The summed E-state index contributed by atoms with van der Waals surface area (Å²) in [5, 5.41) is 0.784. The van der Waals surface area contributed by atoms with Crippen molar-refractivity contribution < 1.29 is 4.79 Å². The van der Waals surface area contributed by atoms with E-state index in [-0.39, 0.29) is 11.6 Å². The van der Waals surface area contributed by atoms with E-state index < -0.39 is 0 Å². The fourth-order valence-electron chi connectivity index (χ4n) is 3.45. The quantitative estimate of drug-likeness (QED) is 0.574. The van der Waals surface area contributed by atoms with Crippen LogP contribution >= 0.6 is 24.0 Å². The van der Waals surface area contributed by atoms with Gasteiger partial charge < -0.3 is 9.47 Å². The second-order valence-electron chi connectivity index (χ2n) is 7.20. The van der Waals surface area contributed by atoms with Crippen LogP contribution in [0.25, 0.3) is 11.2 Å². The van der Waals surface area contributed by atoms with Gasteiger partial charge in [-0.1, -0.05) is 24.0 Å². The average Bonchev–Trinajstić information content (AvgIpc) is 3.14. The minimum atomic E-state index is -0.178. The van der Waals surface area contributed by atoms with E-state index in [0.717, 1.165) is 43.1 Å². The van der Waals surface area contributed by atoms with Gasteiger partial charge in [-0.25, -0.2) is 9.78 Å². The smallest absolute Gasteiger partial charge is 0.330 e. The summed E-state index contributed by atoms with van der Waals surface area (Å²) in [7, 11) is 3.42. The van der Waals surface area contributed by atoms with Crippen molar-refractivity contribution in [3.05, 3.63) is 15.1 Å². The highest BCUT2D eigenvalue weighted by Crippen LogP contribution is 2.34. The second kappa shape index (κ2) is 6.84. The van der Waals surface area contributed by atoms with Crippen LogP contribution < -0.4 is 5.69 Å². The van der Waals surface area contributed by atoms with E-state index in [4.69, 9.17) is 17.2 Å². The summed E-state index contributed by atoms with van der Waals surface area (Å²) in [6, 6.07) is 0. The molecule has 1 aliphatic heterocycles. The van der Waals surface area contributed by atoms with Gasteiger partial charge in [-0.2, -0.15) is 0 Å². The SMILES string of the molecule is Cn1c(=S)c2c(nc(SCC(=O)N3CCCC3)n2CC2CC2)n(C)c1=O. The molecule has 2 aliphatic rings. The number of hydrogen-bond donors (Lipinski definition) is 0. The van der Waals surface area contributed by atoms with Crippen molar-refractivity contribution in [1.29, 1.82) is 0 Å². The third-order valence-corrected chi connectivity index (χ3v) is 6.66. The number of thioether (sulfide) groups is 1. The van der Waals surface area contributed by atoms with E-state index in [9.17, 15) is 9.59 Å². The van der Waals surface area contributed by atoms with Gasteiger partial charge in [0.15, 0.2) is 10.8 Å². The van der Waals surface area contributed by atoms with Crippen LogP contribution in [0.4, 0.5) is 0 Å². The summed E-state index contributed by atoms with van der Waals surface area (Å²) in [6.45, 7) is 2.57. The highest BCUT2D eigenvalue weighted by molar-refractivity contribution is 7.99. The normalized spacial score (nSPS) is 17.4. The van der Waals surface area contributed by atoms with Crippen LogP contribution in [0, 0.1) is 10.6 Å². The van der Waals surface area contributed by atoms with Crippen LogP contribution in [0.15, 0.2) is 9.95 Å². The summed E-state index contributed by atoms with van der Waals surface area (Å²) in [4.78, 5) is 31.4. The molecule has 2 fully saturated rings. The van der Waals surface area contributed by atoms with Gasteiger partial charge in [0.05, 0.1) is 5.75 Å². The molecule has 1 saturated carbocycles. The molecule has 1 saturated heterocycles. The first-order valence-corrected chi connectivity index (χ1v) is 10.4. The Balaban J connectivity index is 1.72. The third kappa shape index (κ3) is 3.11. The predicted molar refractivity (Wildman–Crippen MR) is 104 cm³/mol. The maximum absolute atomic E-state index is 12.4. The Morgan fingerprint density at radius 3 is 2.58 bits per heavy atom. The standard InChI is InChI=1S/C17H23N5O2S2/c1-19-14-13(15(25)20(2)17(19)24)22(9-11-5-6-11)16(18-14)26-10-12(23)21-7-3-4-8-21/h11H,3-10H2,1-2H3. The molecule has 0 N–H and O–H groups in total. The summed E-state index contributed by atoms with van der Waals surface area (Å²) >= 11 is 7.00. The van der Waals surface area contributed by atoms with Crippen molar-refractivity contribution in [2.24, 2.45) is 20.0 Å². The molecule has 1 amide bonds. The number of aromatic nitrogens is 4. The molecule has 4 rings (SSSR count). The number of rotatable bonds is 5. The average molecular weight is 394 g/mol. The fourth-order valence-corrected chi connectivity index (χ4v) is 4.64. The summed E-state index contributed by atoms with van der Waals surface area (Å²) in [5.74, 6) is 1.18. The van der Waals surface area contributed by atoms with Gasteiger partial charge in [0, 0.05) is 33.7 Å². The van der Waals surface area contributed by atoms with Crippen LogP contribution in [0.5, 0.6) is 0 Å². The molecule has 0 bridgehead atoms. The predicted octanol–water partition coefficient (Wildman–Crippen LogP) is 1.93. The first kappa shape index (κ1) is 17.8. The van der Waals surface area contributed by atoms with Gasteiger partial charge in [0.25, 0.3) is 0 Å². The van der Waals surface area contributed by atoms with Crippen molar-refractivity contribution in [1.82, 2.24) is 23.6 Å². The van der Waals surface area contributed by atoms with Crippen LogP contribution in [0.1, 0.15) is 25.7 Å². The summed E-state index contributed by atoms with van der Waals surface area (Å²) in [5.41, 5.74) is 1.26. The Morgan fingerprint density at radius 1 is 1.23 bits per heavy atom. The number of aryl methyl sites for hydroxylation is 1. The van der Waals surface area contributed by atoms with Crippen LogP contribution in [0.2, 0.25) is 0 Å². The topological polar surface area (TPSA) is 65.1 Å². The molecule has 2 aromatic heterocycles. The molecule has 3 heterocycles. The van der Waals surface area contributed by atoms with E-state index in [1.165, 1.54) is 29.2 Å². The lowest BCUT2D eigenvalue weighted by Crippen LogP contribution is -2.29. The molecule has 0 radical (unpaired) electrons. The molecule has 7 nitrogen and oxygen atoms in total. The van der Waals surface area contributed by atoms with Gasteiger partial charge in [0.2, 0.25) is 5.91 Å². The monoisotopic (exact) mass is 393 g/mol. The zero-order valence-electron chi connectivity index (χ0n) is 15.1. The molecular weight excluding hydrogens is 370 g/mol. The highest BCUT2D eigenvalue weighted by Gasteiger charge is 2.27. The molecule has 0 atom stereocenters. The molecule has 9 heteroatoms. The number of likely N-dealkylation sites (tertiary alicyclic amines) is 1. The van der Waals surface area contributed by atoms with Crippen LogP contribution in [0.3, 0.4) is 0 Å². The maximum atomic E-state index is 12.4. The molecule has 0 aromatic carbocycles. The zero-order chi connectivity index (χ0) is 18.4. The first-order valence-electron chi connectivity index (χ1n) is 9.04. The molecular formula is C17H23N5O2S2. The van der Waals surface area contributed by atoms with Crippen molar-refractivity contribution in [2.75, 3.05) is 18.8 Å². The molecule has 0 unspecified atom stereocenters. The highest BCUT2D eigenvalue weighted by atomic mass is 32.2. The Bertz CT molecular complexity index is 980. The Morgan fingerprint density at radius 2 is 1.92 bits per heavy atom. The lowest BCUT2D eigenvalue weighted by Gasteiger charge is -2.15. The van der Waals surface area contributed by atoms with Crippen LogP contribution in [-0.2, 0) is 25.4 Å². The number of fused-ring (bicyclic) bond motifs is 1. The van der Waals surface area contributed by atoms with E-state index in [2.05, 4.69) is 4.57 Å². The van der Waals surface area contributed by atoms with E-state index >= 15 is 0 Å². The van der Waals surface area contributed by atoms with Crippen molar-refractivity contribution >= 4 is 41.1 Å². The number of nitrogens with zero attached hydrogens (tertiary/aromatic N) is 5. The van der Waals surface area contributed by atoms with Crippen molar-refractivity contribution in [3.63, 3.8) is 0 Å². The van der Waals surface area contributed by atoms with Gasteiger partial charge >= 0.3 is 5.69 Å². The first-order chi connectivity index (χ1) is 12.5. The van der Waals surface area contributed by atoms with E-state index in [1.807, 2.05) is 4.90 Å². The van der Waals surface area contributed by atoms with Gasteiger partial charge in [-0.3, -0.25) is 13.9 Å². The van der Waals surface area contributed by atoms with E-state index in [1.54, 1.807) is 18.7 Å². The second-order valence-corrected chi connectivity index (χ2v) is 8.53. The minimum absolute atomic E-state index is 0.163. The number of hydrogen-bond acceptors (Lipinski definition) is 5. The van der Waals surface area contributed by atoms with Crippen molar-refractivity contribution in [2.45, 2.75) is 37.4 Å².